The first-order valence-electron chi connectivity index (χ1n) is 9.73. The number of carbonyl (C=O) groups is 3. The summed E-state index contributed by atoms with van der Waals surface area (Å²) in [6.45, 7) is 3.00. The molecule has 152 valence electrons. The lowest BCUT2D eigenvalue weighted by Gasteiger charge is -2.25. The molecule has 1 aliphatic rings. The van der Waals surface area contributed by atoms with Crippen molar-refractivity contribution in [2.24, 2.45) is 11.7 Å². The molecule has 2 atom stereocenters. The molecule has 1 aliphatic heterocycles. The Hall–Kier alpha value is -3.19. The number of para-hydroxylation sites is 1. The topological polar surface area (TPSA) is 105 Å². The van der Waals surface area contributed by atoms with Gasteiger partial charge in [0.05, 0.1) is 23.2 Å². The van der Waals surface area contributed by atoms with Gasteiger partial charge in [0, 0.05) is 26.1 Å². The maximum absolute atomic E-state index is 12.8. The third kappa shape index (κ3) is 4.81. The SMILES string of the molecule is CC(c1ccccc1)N1CC(C(=O)Nc2ccccc2C(=O)NCCN)CC1=O. The van der Waals surface area contributed by atoms with E-state index in [9.17, 15) is 14.4 Å². The predicted octanol–water partition coefficient (Wildman–Crippen LogP) is 1.92. The van der Waals surface area contributed by atoms with Crippen LogP contribution in [0.4, 0.5) is 5.69 Å². The van der Waals surface area contributed by atoms with Crippen molar-refractivity contribution in [3.05, 3.63) is 65.7 Å². The van der Waals surface area contributed by atoms with Crippen molar-refractivity contribution >= 4 is 23.4 Å². The first kappa shape index (κ1) is 20.5. The van der Waals surface area contributed by atoms with E-state index in [4.69, 9.17) is 5.73 Å². The van der Waals surface area contributed by atoms with Crippen molar-refractivity contribution in [2.45, 2.75) is 19.4 Å². The number of nitrogens with zero attached hydrogens (tertiary/aromatic N) is 1. The zero-order valence-electron chi connectivity index (χ0n) is 16.4. The second kappa shape index (κ2) is 9.34. The molecule has 1 saturated heterocycles. The van der Waals surface area contributed by atoms with Gasteiger partial charge in [-0.3, -0.25) is 14.4 Å². The van der Waals surface area contributed by atoms with Crippen LogP contribution in [0.25, 0.3) is 0 Å². The highest BCUT2D eigenvalue weighted by molar-refractivity contribution is 6.05. The lowest BCUT2D eigenvalue weighted by atomic mass is 10.1. The molecule has 3 amide bonds. The smallest absolute Gasteiger partial charge is 0.253 e. The van der Waals surface area contributed by atoms with Crippen molar-refractivity contribution in [2.75, 3.05) is 25.0 Å². The van der Waals surface area contributed by atoms with Crippen LogP contribution < -0.4 is 16.4 Å². The molecule has 1 heterocycles. The van der Waals surface area contributed by atoms with Crippen molar-refractivity contribution in [3.63, 3.8) is 0 Å². The largest absolute Gasteiger partial charge is 0.351 e. The Kier molecular flexibility index (Phi) is 6.61. The Labute approximate surface area is 170 Å². The van der Waals surface area contributed by atoms with Gasteiger partial charge in [0.1, 0.15) is 0 Å². The van der Waals surface area contributed by atoms with Crippen molar-refractivity contribution in [1.29, 1.82) is 0 Å². The molecule has 2 aromatic rings. The maximum atomic E-state index is 12.8. The molecular weight excluding hydrogens is 368 g/mol. The van der Waals surface area contributed by atoms with E-state index in [-0.39, 0.29) is 30.2 Å². The van der Waals surface area contributed by atoms with Crippen LogP contribution in [0.2, 0.25) is 0 Å². The molecule has 0 spiro atoms. The minimum Gasteiger partial charge on any atom is -0.351 e. The van der Waals surface area contributed by atoms with E-state index in [1.807, 2.05) is 37.3 Å². The van der Waals surface area contributed by atoms with Gasteiger partial charge in [0.25, 0.3) is 5.91 Å². The summed E-state index contributed by atoms with van der Waals surface area (Å²) in [6, 6.07) is 16.4. The lowest BCUT2D eigenvalue weighted by molar-refractivity contribution is -0.129. The highest BCUT2D eigenvalue weighted by atomic mass is 16.2. The van der Waals surface area contributed by atoms with Crippen LogP contribution in [-0.4, -0.2) is 42.3 Å². The van der Waals surface area contributed by atoms with E-state index in [0.29, 0.717) is 30.9 Å². The summed E-state index contributed by atoms with van der Waals surface area (Å²) in [5.74, 6) is -1.07. The summed E-state index contributed by atoms with van der Waals surface area (Å²) in [6.07, 6.45) is 0.157. The fourth-order valence-electron chi connectivity index (χ4n) is 3.50. The maximum Gasteiger partial charge on any atom is 0.253 e. The number of likely N-dealkylation sites (tertiary alicyclic amines) is 1. The Balaban J connectivity index is 1.68. The molecule has 2 unspecified atom stereocenters. The molecule has 0 radical (unpaired) electrons. The van der Waals surface area contributed by atoms with Crippen molar-refractivity contribution < 1.29 is 14.4 Å². The molecule has 3 rings (SSSR count). The summed E-state index contributed by atoms with van der Waals surface area (Å²) in [7, 11) is 0. The van der Waals surface area contributed by atoms with Gasteiger partial charge in [-0.15, -0.1) is 0 Å². The average Bonchev–Trinajstić information content (AvgIpc) is 3.14. The van der Waals surface area contributed by atoms with Gasteiger partial charge in [0.15, 0.2) is 0 Å². The predicted molar refractivity (Wildman–Crippen MR) is 111 cm³/mol. The highest BCUT2D eigenvalue weighted by Gasteiger charge is 2.37. The Morgan fingerprint density at radius 3 is 2.55 bits per heavy atom. The summed E-state index contributed by atoms with van der Waals surface area (Å²) < 4.78 is 0. The van der Waals surface area contributed by atoms with E-state index < -0.39 is 5.92 Å². The van der Waals surface area contributed by atoms with Crippen molar-refractivity contribution in [3.8, 4) is 0 Å². The monoisotopic (exact) mass is 394 g/mol. The number of carbonyl (C=O) groups excluding carboxylic acids is 3. The fourth-order valence-corrected chi connectivity index (χ4v) is 3.50. The van der Waals surface area contributed by atoms with Crippen LogP contribution in [0.3, 0.4) is 0 Å². The van der Waals surface area contributed by atoms with Gasteiger partial charge in [-0.2, -0.15) is 0 Å². The standard InChI is InChI=1S/C22H26N4O3/c1-15(16-7-3-2-4-8-16)26-14-17(13-20(26)27)21(28)25-19-10-6-5-9-18(19)22(29)24-12-11-23/h2-10,15,17H,11-14,23H2,1H3,(H,24,29)(H,25,28). The number of anilines is 1. The minimum absolute atomic E-state index is 0.0459. The van der Waals surface area contributed by atoms with Crippen LogP contribution in [0.15, 0.2) is 54.6 Å². The minimum atomic E-state index is -0.464. The Morgan fingerprint density at radius 2 is 1.83 bits per heavy atom. The molecule has 7 heteroatoms. The average molecular weight is 394 g/mol. The van der Waals surface area contributed by atoms with Gasteiger partial charge in [-0.05, 0) is 24.6 Å². The molecule has 0 bridgehead atoms. The molecule has 2 aromatic carbocycles. The zero-order chi connectivity index (χ0) is 20.8. The molecule has 0 aliphatic carbocycles. The van der Waals surface area contributed by atoms with E-state index in [0.717, 1.165) is 5.56 Å². The molecule has 1 fully saturated rings. The normalized spacial score (nSPS) is 17.1. The second-order valence-corrected chi connectivity index (χ2v) is 7.11. The Morgan fingerprint density at radius 1 is 1.14 bits per heavy atom. The number of hydrogen-bond acceptors (Lipinski definition) is 4. The van der Waals surface area contributed by atoms with Crippen LogP contribution >= 0.6 is 0 Å². The number of rotatable bonds is 7. The molecule has 0 saturated carbocycles. The molecule has 7 nitrogen and oxygen atoms in total. The lowest BCUT2D eigenvalue weighted by Crippen LogP contribution is -2.32. The highest BCUT2D eigenvalue weighted by Crippen LogP contribution is 2.29. The van der Waals surface area contributed by atoms with Crippen LogP contribution in [0, 0.1) is 5.92 Å². The van der Waals surface area contributed by atoms with Gasteiger partial charge in [-0.1, -0.05) is 42.5 Å². The number of benzene rings is 2. The van der Waals surface area contributed by atoms with Crippen molar-refractivity contribution in [1.82, 2.24) is 10.2 Å². The third-order valence-electron chi connectivity index (χ3n) is 5.14. The number of hydrogen-bond donors (Lipinski definition) is 3. The van der Waals surface area contributed by atoms with Crippen LogP contribution in [0.1, 0.15) is 35.3 Å². The first-order chi connectivity index (χ1) is 14.0. The van der Waals surface area contributed by atoms with E-state index in [2.05, 4.69) is 10.6 Å². The number of nitrogens with two attached hydrogens (primary N) is 1. The van der Waals surface area contributed by atoms with Gasteiger partial charge < -0.3 is 21.3 Å². The zero-order valence-corrected chi connectivity index (χ0v) is 16.4. The van der Waals surface area contributed by atoms with Gasteiger partial charge in [0.2, 0.25) is 11.8 Å². The third-order valence-corrected chi connectivity index (χ3v) is 5.14. The summed E-state index contributed by atoms with van der Waals surface area (Å²) in [4.78, 5) is 39.4. The summed E-state index contributed by atoms with van der Waals surface area (Å²) in [5.41, 5.74) is 7.25. The van der Waals surface area contributed by atoms with Crippen LogP contribution in [-0.2, 0) is 9.59 Å². The first-order valence-corrected chi connectivity index (χ1v) is 9.73. The fraction of sp³-hybridized carbons (Fsp3) is 0.318. The molecule has 0 aromatic heterocycles. The Bertz CT molecular complexity index is 885. The summed E-state index contributed by atoms with van der Waals surface area (Å²) >= 11 is 0. The molecular formula is C22H26N4O3. The number of nitrogens with one attached hydrogen (secondary N) is 2. The van der Waals surface area contributed by atoms with E-state index in [1.165, 1.54) is 0 Å². The van der Waals surface area contributed by atoms with Gasteiger partial charge in [-0.25, -0.2) is 0 Å². The van der Waals surface area contributed by atoms with Crippen LogP contribution in [0.5, 0.6) is 0 Å². The summed E-state index contributed by atoms with van der Waals surface area (Å²) in [5, 5.41) is 5.52. The van der Waals surface area contributed by atoms with E-state index >= 15 is 0 Å². The molecule has 29 heavy (non-hydrogen) atoms. The quantitative estimate of drug-likeness (QED) is 0.667. The molecule has 4 N–H and O–H groups in total. The van der Waals surface area contributed by atoms with Gasteiger partial charge >= 0.3 is 0 Å². The number of amides is 3. The second-order valence-electron chi connectivity index (χ2n) is 7.11. The van der Waals surface area contributed by atoms with E-state index in [1.54, 1.807) is 29.2 Å².